The molecule has 0 bridgehead atoms. The number of rotatable bonds is 41. The number of aliphatic hydroxyl groups excluding tert-OH is 1. The summed E-state index contributed by atoms with van der Waals surface area (Å²) in [7, 11) is -4.48. The zero-order valence-electron chi connectivity index (χ0n) is 38.6. The molecule has 0 amide bonds. The molecule has 0 heterocycles. The lowest BCUT2D eigenvalue weighted by Crippen LogP contribution is -2.29. The highest BCUT2D eigenvalue weighted by Gasteiger charge is 2.26. The Morgan fingerprint density at radius 2 is 0.820 bits per heavy atom. The van der Waals surface area contributed by atoms with Crippen LogP contribution in [0.5, 0.6) is 0 Å². The van der Waals surface area contributed by atoms with Gasteiger partial charge in [0.05, 0.1) is 19.8 Å². The fraction of sp³-hybridized carbons (Fsp3) is 0.804. The molecule has 0 fully saturated rings. The summed E-state index contributed by atoms with van der Waals surface area (Å²) in [6.07, 6.45) is 35.2. The predicted octanol–water partition coefficient (Wildman–Crippen LogP) is 12.9. The zero-order valence-corrected chi connectivity index (χ0v) is 39.5. The molecule has 9 nitrogen and oxygen atoms in total. The monoisotopic (exact) mass is 873 g/mol. The van der Waals surface area contributed by atoms with E-state index < -0.39 is 45.7 Å². The van der Waals surface area contributed by atoms with Crippen LogP contribution in [0.4, 0.5) is 0 Å². The molecule has 0 aromatic rings. The third-order valence-electron chi connectivity index (χ3n) is 10.2. The summed E-state index contributed by atoms with van der Waals surface area (Å²) in [4.78, 5) is 34.9. The van der Waals surface area contributed by atoms with Crippen molar-refractivity contribution in [1.29, 1.82) is 0 Å². The second-order valence-electron chi connectivity index (χ2n) is 16.0. The van der Waals surface area contributed by atoms with Crippen molar-refractivity contribution in [3.8, 4) is 47.4 Å². The molecule has 0 radical (unpaired) electrons. The van der Waals surface area contributed by atoms with Crippen molar-refractivity contribution in [1.82, 2.24) is 0 Å². The van der Waals surface area contributed by atoms with Crippen LogP contribution in [0.2, 0.25) is 0 Å². The molecular formula is C51H85O9P. The highest BCUT2D eigenvalue weighted by Crippen LogP contribution is 2.43. The van der Waals surface area contributed by atoms with Crippen LogP contribution < -0.4 is 0 Å². The van der Waals surface area contributed by atoms with E-state index in [1.165, 1.54) is 89.9 Å². The fourth-order valence-electron chi connectivity index (χ4n) is 6.49. The van der Waals surface area contributed by atoms with Gasteiger partial charge in [0, 0.05) is 38.5 Å². The van der Waals surface area contributed by atoms with Gasteiger partial charge < -0.3 is 19.5 Å². The molecule has 2 atom stereocenters. The normalized spacial score (nSPS) is 12.0. The Labute approximate surface area is 373 Å². The number of carbonyl (C=O) groups excluding carboxylic acids is 2. The van der Waals surface area contributed by atoms with Gasteiger partial charge in [0.1, 0.15) is 6.61 Å². The van der Waals surface area contributed by atoms with E-state index in [0.29, 0.717) is 12.8 Å². The van der Waals surface area contributed by atoms with Crippen molar-refractivity contribution in [2.75, 3.05) is 26.4 Å². The average Bonchev–Trinajstić information content (AvgIpc) is 3.25. The molecule has 0 saturated carbocycles. The summed E-state index contributed by atoms with van der Waals surface area (Å²) in [5, 5.41) is 8.90. The maximum absolute atomic E-state index is 12.6. The van der Waals surface area contributed by atoms with Crippen LogP contribution in [-0.2, 0) is 32.7 Å². The van der Waals surface area contributed by atoms with Crippen LogP contribution in [0.1, 0.15) is 232 Å². The van der Waals surface area contributed by atoms with Gasteiger partial charge in [-0.2, -0.15) is 0 Å². The van der Waals surface area contributed by atoms with Crippen LogP contribution in [0.15, 0.2) is 0 Å². The summed E-state index contributed by atoms with van der Waals surface area (Å²) in [5.74, 6) is 23.6. The molecule has 0 aromatic carbocycles. The lowest BCUT2D eigenvalue weighted by atomic mass is 10.1. The van der Waals surface area contributed by atoms with Crippen molar-refractivity contribution >= 4 is 19.8 Å². The van der Waals surface area contributed by atoms with Crippen molar-refractivity contribution in [2.45, 2.75) is 238 Å². The van der Waals surface area contributed by atoms with E-state index in [1.54, 1.807) is 0 Å². The summed E-state index contributed by atoms with van der Waals surface area (Å²) < 4.78 is 32.5. The first-order valence-corrected chi connectivity index (χ1v) is 25.8. The summed E-state index contributed by atoms with van der Waals surface area (Å²) in [6.45, 7) is 2.84. The number of carbonyl (C=O) groups is 2. The number of ether oxygens (including phenoxy) is 2. The molecule has 0 aromatic heterocycles. The molecule has 0 spiro atoms. The molecule has 1 unspecified atom stereocenters. The minimum Gasteiger partial charge on any atom is -0.462 e. The van der Waals surface area contributed by atoms with Crippen LogP contribution in [0, 0.1) is 47.4 Å². The number of hydrogen-bond acceptors (Lipinski definition) is 8. The van der Waals surface area contributed by atoms with Gasteiger partial charge in [0.25, 0.3) is 0 Å². The third kappa shape index (κ3) is 46.6. The number of esters is 2. The summed E-state index contributed by atoms with van der Waals surface area (Å²) >= 11 is 0. The minimum absolute atomic E-state index is 0.172. The third-order valence-corrected chi connectivity index (χ3v) is 11.1. The lowest BCUT2D eigenvalue weighted by Gasteiger charge is -2.19. The van der Waals surface area contributed by atoms with E-state index in [0.717, 1.165) is 103 Å². The van der Waals surface area contributed by atoms with Gasteiger partial charge in [0.2, 0.25) is 0 Å². The molecule has 348 valence electrons. The van der Waals surface area contributed by atoms with Crippen molar-refractivity contribution in [2.24, 2.45) is 0 Å². The highest BCUT2D eigenvalue weighted by molar-refractivity contribution is 7.47. The summed E-state index contributed by atoms with van der Waals surface area (Å²) in [5.41, 5.74) is 0. The van der Waals surface area contributed by atoms with Crippen LogP contribution in [-0.4, -0.2) is 54.5 Å². The van der Waals surface area contributed by atoms with E-state index in [1.807, 2.05) is 0 Å². The molecule has 0 rings (SSSR count). The van der Waals surface area contributed by atoms with E-state index in [4.69, 9.17) is 19.1 Å². The largest absolute Gasteiger partial charge is 0.472 e. The quantitative estimate of drug-likeness (QED) is 0.0267. The molecular weight excluding hydrogens is 788 g/mol. The molecule has 0 aliphatic heterocycles. The van der Waals surface area contributed by atoms with Gasteiger partial charge in [-0.05, 0) is 62.2 Å². The number of aliphatic hydroxyl groups is 1. The first-order valence-electron chi connectivity index (χ1n) is 24.3. The Morgan fingerprint density at radius 1 is 0.475 bits per heavy atom. The van der Waals surface area contributed by atoms with Gasteiger partial charge in [-0.1, -0.05) is 179 Å². The SMILES string of the molecule is CCCCCCCCCCC#CC#CCCCCCCCCC(=O)OC[C@@H](COP(=O)(O)OCCO)OC(=O)CCCCCCCCC#CC#CCCCCCCCCCC. The Kier molecular flexibility index (Phi) is 44.6. The smallest absolute Gasteiger partial charge is 0.462 e. The van der Waals surface area contributed by atoms with Crippen molar-refractivity contribution in [3.05, 3.63) is 0 Å². The first kappa shape index (κ1) is 58.2. The first-order chi connectivity index (χ1) is 29.8. The Morgan fingerprint density at radius 3 is 1.20 bits per heavy atom. The van der Waals surface area contributed by atoms with E-state index in [9.17, 15) is 19.0 Å². The van der Waals surface area contributed by atoms with Gasteiger partial charge in [-0.3, -0.25) is 18.6 Å². The van der Waals surface area contributed by atoms with Gasteiger partial charge >= 0.3 is 19.8 Å². The van der Waals surface area contributed by atoms with E-state index in [-0.39, 0.29) is 19.4 Å². The number of phosphoric acid groups is 1. The maximum atomic E-state index is 12.6. The maximum Gasteiger partial charge on any atom is 0.472 e. The van der Waals surface area contributed by atoms with Gasteiger partial charge in [0.15, 0.2) is 6.10 Å². The molecule has 0 saturated heterocycles. The van der Waals surface area contributed by atoms with E-state index in [2.05, 4.69) is 65.7 Å². The average molecular weight is 873 g/mol. The molecule has 61 heavy (non-hydrogen) atoms. The molecule has 10 heteroatoms. The highest BCUT2D eigenvalue weighted by atomic mass is 31.2. The second-order valence-corrected chi connectivity index (χ2v) is 17.5. The number of unbranched alkanes of at least 4 members (excludes halogenated alkanes) is 28. The topological polar surface area (TPSA) is 129 Å². The molecule has 2 N–H and O–H groups in total. The predicted molar refractivity (Wildman–Crippen MR) is 249 cm³/mol. The van der Waals surface area contributed by atoms with Crippen molar-refractivity contribution < 1.29 is 42.7 Å². The molecule has 0 aliphatic carbocycles. The second kappa shape index (κ2) is 46.7. The van der Waals surface area contributed by atoms with Crippen LogP contribution in [0.25, 0.3) is 0 Å². The van der Waals surface area contributed by atoms with E-state index >= 15 is 0 Å². The fourth-order valence-corrected chi connectivity index (χ4v) is 7.23. The summed E-state index contributed by atoms with van der Waals surface area (Å²) in [6, 6.07) is 0. The van der Waals surface area contributed by atoms with Crippen molar-refractivity contribution in [3.63, 3.8) is 0 Å². The zero-order chi connectivity index (χ0) is 44.6. The lowest BCUT2D eigenvalue weighted by molar-refractivity contribution is -0.161. The number of phosphoric ester groups is 1. The Bertz CT molecular complexity index is 1350. The Hall–Kier alpha value is -2.75. The Balaban J connectivity index is 4.17. The van der Waals surface area contributed by atoms with Gasteiger partial charge in [-0.15, -0.1) is 0 Å². The minimum atomic E-state index is -4.48. The van der Waals surface area contributed by atoms with Gasteiger partial charge in [-0.25, -0.2) is 4.57 Å². The number of hydrogen-bond donors (Lipinski definition) is 2. The van der Waals surface area contributed by atoms with Crippen LogP contribution >= 0.6 is 7.82 Å². The molecule has 0 aliphatic rings. The standard InChI is InChI=1S/C51H85O9P/c1-3-5-7-9-11-13-15-17-19-21-23-25-27-29-31-33-35-37-39-41-43-50(53)57-47-49(48-59-61(55,56)58-46-45-52)60-51(54)44-42-40-38-36-34-32-30-28-26-24-22-20-18-16-14-12-10-8-6-4-2/h49,52H,3-20,29-48H2,1-2H3,(H,55,56)/t49-/m0/s1. The van der Waals surface area contributed by atoms with Crippen LogP contribution in [0.3, 0.4) is 0 Å².